The van der Waals surface area contributed by atoms with Crippen LogP contribution in [0.2, 0.25) is 0 Å². The first-order valence-corrected chi connectivity index (χ1v) is 15.0. The molecule has 0 bridgehead atoms. The molecule has 6 heteroatoms. The van der Waals surface area contributed by atoms with Crippen molar-refractivity contribution < 1.29 is 9.90 Å². The van der Waals surface area contributed by atoms with E-state index in [1.807, 2.05) is 13.0 Å². The van der Waals surface area contributed by atoms with E-state index in [4.69, 9.17) is 0 Å². The largest absolute Gasteiger partial charge is 0.390 e. The van der Waals surface area contributed by atoms with E-state index in [1.54, 1.807) is 16.6 Å². The maximum atomic E-state index is 13.7. The highest BCUT2D eigenvalue weighted by molar-refractivity contribution is 7.98. The van der Waals surface area contributed by atoms with Crippen molar-refractivity contribution in [2.24, 2.45) is 40.4 Å². The molecule has 8 atom stereocenters. The van der Waals surface area contributed by atoms with Gasteiger partial charge in [-0.1, -0.05) is 13.8 Å². The second kappa shape index (κ2) is 8.31. The summed E-state index contributed by atoms with van der Waals surface area (Å²) >= 11 is 1.70. The molecule has 0 saturated heterocycles. The maximum absolute atomic E-state index is 13.7. The van der Waals surface area contributed by atoms with Crippen molar-refractivity contribution in [3.63, 3.8) is 0 Å². The third kappa shape index (κ3) is 3.80. The fraction of sp³-hybridized carbons (Fsp3) is 0.759. The van der Waals surface area contributed by atoms with Gasteiger partial charge in [0.1, 0.15) is 17.6 Å². The van der Waals surface area contributed by atoms with Crippen molar-refractivity contribution in [2.75, 3.05) is 6.26 Å². The lowest BCUT2D eigenvalue weighted by Crippen LogP contribution is -2.55. The number of ketones is 1. The van der Waals surface area contributed by atoms with E-state index in [1.165, 1.54) is 37.0 Å². The molecular formula is C29H41N3O2S. The lowest BCUT2D eigenvalue weighted by molar-refractivity contribution is -0.151. The lowest BCUT2D eigenvalue weighted by atomic mass is 9.44. The molecule has 4 aliphatic rings. The minimum Gasteiger partial charge on any atom is -0.390 e. The van der Waals surface area contributed by atoms with Crippen LogP contribution in [-0.4, -0.2) is 37.7 Å². The van der Waals surface area contributed by atoms with Crippen LogP contribution in [0.3, 0.4) is 0 Å². The standard InChI is InChI=1S/C29H41N3O2S/c1-27(34)13-14-28(2)18(16-27)5-7-20-21-8-9-23(29(21,3)12-11-22(20)28)26(33)17-32-30-24-10-6-19(35-4)15-25(24)31-32/h6,10,15,18,20-23,34H,5,7-9,11-14,16-17H2,1-4H3/t18-,20+,21+,22+,23-,27-,28+,29+/m1/s1. The van der Waals surface area contributed by atoms with E-state index >= 15 is 0 Å². The number of hydrogen-bond donors (Lipinski definition) is 1. The Morgan fingerprint density at radius 3 is 2.57 bits per heavy atom. The first kappa shape index (κ1) is 24.0. The highest BCUT2D eigenvalue weighted by Gasteiger charge is 2.61. The molecule has 4 saturated carbocycles. The number of nitrogens with zero attached hydrogens (tertiary/aromatic N) is 3. The van der Waals surface area contributed by atoms with Gasteiger partial charge in [-0.05, 0) is 124 Å². The zero-order chi connectivity index (χ0) is 24.6. The van der Waals surface area contributed by atoms with Gasteiger partial charge < -0.3 is 5.11 Å². The Bertz CT molecular complexity index is 1140. The number of rotatable bonds is 4. The van der Waals surface area contributed by atoms with Crippen molar-refractivity contribution in [3.05, 3.63) is 18.2 Å². The van der Waals surface area contributed by atoms with Crippen molar-refractivity contribution >= 4 is 28.6 Å². The number of fused-ring (bicyclic) bond motifs is 6. The highest BCUT2D eigenvalue weighted by atomic mass is 32.2. The Labute approximate surface area is 213 Å². The summed E-state index contributed by atoms with van der Waals surface area (Å²) in [5.41, 5.74) is 1.73. The van der Waals surface area contributed by atoms with E-state index in [0.717, 1.165) is 48.6 Å². The Morgan fingerprint density at radius 1 is 1.00 bits per heavy atom. The van der Waals surface area contributed by atoms with E-state index < -0.39 is 5.60 Å². The quantitative estimate of drug-likeness (QED) is 0.517. The van der Waals surface area contributed by atoms with Crippen LogP contribution in [0, 0.1) is 40.4 Å². The normalized spacial score (nSPS) is 42.9. The number of Topliss-reactive ketones (excluding diaryl/α,β-unsaturated/α-hetero) is 1. The fourth-order valence-corrected chi connectivity index (χ4v) is 9.78. The van der Waals surface area contributed by atoms with Gasteiger partial charge in [0.2, 0.25) is 0 Å². The van der Waals surface area contributed by atoms with Crippen molar-refractivity contribution in [2.45, 2.75) is 95.6 Å². The van der Waals surface area contributed by atoms with Gasteiger partial charge in [0.15, 0.2) is 5.78 Å². The van der Waals surface area contributed by atoms with E-state index in [9.17, 15) is 9.90 Å². The van der Waals surface area contributed by atoms with Gasteiger partial charge in [-0.2, -0.15) is 15.0 Å². The van der Waals surface area contributed by atoms with Gasteiger partial charge in [0, 0.05) is 10.8 Å². The molecule has 0 aliphatic heterocycles. The molecule has 0 spiro atoms. The summed E-state index contributed by atoms with van der Waals surface area (Å²) in [7, 11) is 0. The highest BCUT2D eigenvalue weighted by Crippen LogP contribution is 2.68. The van der Waals surface area contributed by atoms with Crippen LogP contribution in [0.5, 0.6) is 0 Å². The van der Waals surface area contributed by atoms with Crippen LogP contribution in [0.15, 0.2) is 23.1 Å². The Kier molecular flexibility index (Phi) is 5.69. The van der Waals surface area contributed by atoms with Gasteiger partial charge in [0.25, 0.3) is 0 Å². The Morgan fingerprint density at radius 2 is 1.77 bits per heavy atom. The second-order valence-corrected chi connectivity index (χ2v) is 14.0. The summed E-state index contributed by atoms with van der Waals surface area (Å²) in [6.07, 6.45) is 12.3. The van der Waals surface area contributed by atoms with Crippen LogP contribution in [-0.2, 0) is 11.3 Å². The summed E-state index contributed by atoms with van der Waals surface area (Å²) in [6, 6.07) is 6.13. The number of hydrogen-bond acceptors (Lipinski definition) is 5. The number of aromatic nitrogens is 3. The minimum absolute atomic E-state index is 0.111. The molecule has 0 unspecified atom stereocenters. The smallest absolute Gasteiger partial charge is 0.159 e. The van der Waals surface area contributed by atoms with Crippen molar-refractivity contribution in [1.29, 1.82) is 0 Å². The molecule has 6 rings (SSSR count). The molecule has 1 aromatic heterocycles. The summed E-state index contributed by atoms with van der Waals surface area (Å²) in [6.45, 7) is 7.31. The predicted molar refractivity (Wildman–Crippen MR) is 140 cm³/mol. The monoisotopic (exact) mass is 495 g/mol. The van der Waals surface area contributed by atoms with Crippen LogP contribution in [0.25, 0.3) is 11.0 Å². The average Bonchev–Trinajstić information content (AvgIpc) is 3.38. The number of benzene rings is 1. The summed E-state index contributed by atoms with van der Waals surface area (Å²) in [4.78, 5) is 16.5. The molecular weight excluding hydrogens is 454 g/mol. The van der Waals surface area contributed by atoms with Crippen molar-refractivity contribution in [1.82, 2.24) is 15.0 Å². The van der Waals surface area contributed by atoms with Crippen LogP contribution >= 0.6 is 11.8 Å². The Hall–Kier alpha value is -1.40. The number of carbonyl (C=O) groups is 1. The SMILES string of the molecule is CSc1ccc2nn(CC(=O)[C@H]3CC[C@H]4[C@@H]5CC[C@@H]6C[C@](C)(O)CC[C@]6(C)[C@H]5CC[C@]34C)nc2c1. The third-order valence-corrected chi connectivity index (χ3v) is 12.0. The van der Waals surface area contributed by atoms with E-state index in [2.05, 4.69) is 42.4 Å². The minimum atomic E-state index is -0.479. The van der Waals surface area contributed by atoms with Gasteiger partial charge in [-0.15, -0.1) is 11.8 Å². The Balaban J connectivity index is 1.19. The van der Waals surface area contributed by atoms with Crippen LogP contribution < -0.4 is 0 Å². The second-order valence-electron chi connectivity index (χ2n) is 13.1. The molecule has 4 fully saturated rings. The van der Waals surface area contributed by atoms with E-state index in [0.29, 0.717) is 29.6 Å². The summed E-state index contributed by atoms with van der Waals surface area (Å²) < 4.78 is 0. The predicted octanol–water partition coefficient (Wildman–Crippen LogP) is 6.13. The van der Waals surface area contributed by atoms with Gasteiger partial charge in [-0.3, -0.25) is 4.79 Å². The molecule has 190 valence electrons. The van der Waals surface area contributed by atoms with Gasteiger partial charge in [-0.25, -0.2) is 0 Å². The van der Waals surface area contributed by atoms with Crippen molar-refractivity contribution in [3.8, 4) is 0 Å². The molecule has 0 radical (unpaired) electrons. The van der Waals surface area contributed by atoms with E-state index in [-0.39, 0.29) is 11.3 Å². The first-order chi connectivity index (χ1) is 16.6. The molecule has 5 nitrogen and oxygen atoms in total. The lowest BCUT2D eigenvalue weighted by Gasteiger charge is -2.61. The number of thioether (sulfide) groups is 1. The summed E-state index contributed by atoms with van der Waals surface area (Å²) in [5.74, 6) is 3.26. The van der Waals surface area contributed by atoms with Gasteiger partial charge in [0.05, 0.1) is 5.60 Å². The molecule has 2 aromatic rings. The molecule has 1 N–H and O–H groups in total. The molecule has 1 aromatic carbocycles. The number of carbonyl (C=O) groups excluding carboxylic acids is 1. The molecule has 4 aliphatic carbocycles. The third-order valence-electron chi connectivity index (χ3n) is 11.3. The maximum Gasteiger partial charge on any atom is 0.159 e. The zero-order valence-corrected chi connectivity index (χ0v) is 22.6. The average molecular weight is 496 g/mol. The van der Waals surface area contributed by atoms with Crippen LogP contribution in [0.1, 0.15) is 78.6 Å². The van der Waals surface area contributed by atoms with Crippen LogP contribution in [0.4, 0.5) is 0 Å². The molecule has 1 heterocycles. The number of aliphatic hydroxyl groups is 1. The van der Waals surface area contributed by atoms with Gasteiger partial charge >= 0.3 is 0 Å². The molecule has 35 heavy (non-hydrogen) atoms. The summed E-state index contributed by atoms with van der Waals surface area (Å²) in [5, 5.41) is 20.0. The molecule has 0 amide bonds. The zero-order valence-electron chi connectivity index (χ0n) is 21.8. The fourth-order valence-electron chi connectivity index (χ4n) is 9.35. The topological polar surface area (TPSA) is 68.0 Å². The first-order valence-electron chi connectivity index (χ1n) is 13.8.